The van der Waals surface area contributed by atoms with E-state index in [1.807, 2.05) is 0 Å². The number of anilines is 1. The molecule has 3 rings (SSSR count). The standard InChI is InChI=1S/C18H20BrFN4O3S/c1-11-16(28-18(21-11)24-6-8-27-9-7-24)17(26)23-22-15(25)5-3-12-2-4-13(19)10-14(12)20/h2,4,10H,3,5-9H2,1H3,(H,22,25)(H,23,26). The number of halogens is 2. The average molecular weight is 471 g/mol. The highest BCUT2D eigenvalue weighted by molar-refractivity contribution is 9.10. The Morgan fingerprint density at radius 3 is 2.79 bits per heavy atom. The van der Waals surface area contributed by atoms with Crippen molar-refractivity contribution in [2.24, 2.45) is 0 Å². The molecule has 2 aromatic rings. The van der Waals surface area contributed by atoms with Gasteiger partial charge >= 0.3 is 0 Å². The normalized spacial score (nSPS) is 14.0. The van der Waals surface area contributed by atoms with Crippen molar-refractivity contribution in [3.8, 4) is 0 Å². The highest BCUT2D eigenvalue weighted by atomic mass is 79.9. The summed E-state index contributed by atoms with van der Waals surface area (Å²) in [4.78, 5) is 31.3. The molecular weight excluding hydrogens is 451 g/mol. The molecule has 150 valence electrons. The summed E-state index contributed by atoms with van der Waals surface area (Å²) in [6.45, 7) is 4.49. The number of aryl methyl sites for hydroxylation is 2. The minimum absolute atomic E-state index is 0.0551. The molecule has 0 bridgehead atoms. The van der Waals surface area contributed by atoms with Gasteiger partial charge in [0.1, 0.15) is 10.7 Å². The number of nitrogens with one attached hydrogen (secondary N) is 2. The third-order valence-electron chi connectivity index (χ3n) is 4.23. The molecule has 2 heterocycles. The number of ether oxygens (including phenoxy) is 1. The molecule has 0 atom stereocenters. The van der Waals surface area contributed by atoms with Gasteiger partial charge in [0.25, 0.3) is 5.91 Å². The van der Waals surface area contributed by atoms with Gasteiger partial charge in [-0.05, 0) is 31.0 Å². The fraction of sp³-hybridized carbons (Fsp3) is 0.389. The van der Waals surface area contributed by atoms with Crippen LogP contribution in [0.5, 0.6) is 0 Å². The van der Waals surface area contributed by atoms with Crippen LogP contribution in [0, 0.1) is 12.7 Å². The van der Waals surface area contributed by atoms with Gasteiger partial charge in [0, 0.05) is 24.0 Å². The van der Waals surface area contributed by atoms with Crippen LogP contribution in [0.1, 0.15) is 27.3 Å². The number of nitrogens with zero attached hydrogens (tertiary/aromatic N) is 2. The van der Waals surface area contributed by atoms with E-state index in [0.717, 1.165) is 18.2 Å². The quantitative estimate of drug-likeness (QED) is 0.656. The minimum atomic E-state index is -0.419. The number of carbonyl (C=O) groups is 2. The Morgan fingerprint density at radius 1 is 1.32 bits per heavy atom. The van der Waals surface area contributed by atoms with E-state index in [1.54, 1.807) is 19.1 Å². The summed E-state index contributed by atoms with van der Waals surface area (Å²) in [7, 11) is 0. The number of benzene rings is 1. The maximum Gasteiger partial charge on any atom is 0.281 e. The molecule has 0 radical (unpaired) electrons. The SMILES string of the molecule is Cc1nc(N2CCOCC2)sc1C(=O)NNC(=O)CCc1ccc(Br)cc1F. The molecule has 0 spiro atoms. The fourth-order valence-corrected chi connectivity index (χ4v) is 4.05. The first kappa shape index (κ1) is 20.7. The average Bonchev–Trinajstić information content (AvgIpc) is 3.08. The Morgan fingerprint density at radius 2 is 2.07 bits per heavy atom. The maximum absolute atomic E-state index is 13.8. The topological polar surface area (TPSA) is 83.6 Å². The van der Waals surface area contributed by atoms with Gasteiger partial charge in [-0.1, -0.05) is 33.3 Å². The molecule has 0 unspecified atom stereocenters. The van der Waals surface area contributed by atoms with Crippen LogP contribution in [0.2, 0.25) is 0 Å². The third-order valence-corrected chi connectivity index (χ3v) is 5.94. The lowest BCUT2D eigenvalue weighted by molar-refractivity contribution is -0.121. The van der Waals surface area contributed by atoms with Crippen molar-refractivity contribution in [3.05, 3.63) is 44.6 Å². The van der Waals surface area contributed by atoms with Crippen molar-refractivity contribution >= 4 is 44.2 Å². The molecule has 2 N–H and O–H groups in total. The second kappa shape index (κ2) is 9.44. The van der Waals surface area contributed by atoms with E-state index in [-0.39, 0.29) is 18.7 Å². The molecular formula is C18H20BrFN4O3S. The van der Waals surface area contributed by atoms with Gasteiger partial charge in [-0.15, -0.1) is 0 Å². The van der Waals surface area contributed by atoms with Crippen molar-refractivity contribution < 1.29 is 18.7 Å². The molecule has 0 aliphatic carbocycles. The van der Waals surface area contributed by atoms with Gasteiger partial charge in [-0.25, -0.2) is 9.37 Å². The summed E-state index contributed by atoms with van der Waals surface area (Å²) < 4.78 is 19.7. The van der Waals surface area contributed by atoms with E-state index in [9.17, 15) is 14.0 Å². The molecule has 0 saturated carbocycles. The van der Waals surface area contributed by atoms with E-state index >= 15 is 0 Å². The summed E-state index contributed by atoms with van der Waals surface area (Å²) in [5, 5.41) is 0.767. The highest BCUT2D eigenvalue weighted by Crippen LogP contribution is 2.26. The van der Waals surface area contributed by atoms with Gasteiger partial charge in [0.2, 0.25) is 5.91 Å². The summed E-state index contributed by atoms with van der Waals surface area (Å²) in [5.41, 5.74) is 5.83. The molecule has 1 saturated heterocycles. The van der Waals surface area contributed by atoms with Crippen LogP contribution in [-0.4, -0.2) is 43.1 Å². The highest BCUT2D eigenvalue weighted by Gasteiger charge is 2.20. The zero-order valence-electron chi connectivity index (χ0n) is 15.3. The minimum Gasteiger partial charge on any atom is -0.378 e. The zero-order valence-corrected chi connectivity index (χ0v) is 17.7. The van der Waals surface area contributed by atoms with E-state index in [2.05, 4.69) is 36.7 Å². The first-order valence-electron chi connectivity index (χ1n) is 8.77. The van der Waals surface area contributed by atoms with Gasteiger partial charge in [-0.2, -0.15) is 0 Å². The summed E-state index contributed by atoms with van der Waals surface area (Å²) >= 11 is 4.47. The number of thiazole rings is 1. The van der Waals surface area contributed by atoms with Crippen molar-refractivity contribution in [1.29, 1.82) is 0 Å². The van der Waals surface area contributed by atoms with Crippen LogP contribution in [-0.2, 0) is 16.0 Å². The van der Waals surface area contributed by atoms with Crippen LogP contribution in [0.3, 0.4) is 0 Å². The number of rotatable bonds is 5. The van der Waals surface area contributed by atoms with Crippen molar-refractivity contribution in [2.45, 2.75) is 19.8 Å². The second-order valence-corrected chi connectivity index (χ2v) is 8.14. The molecule has 1 aromatic heterocycles. The summed E-state index contributed by atoms with van der Waals surface area (Å²) in [6, 6.07) is 4.70. The maximum atomic E-state index is 13.8. The summed E-state index contributed by atoms with van der Waals surface area (Å²) in [5.74, 6) is -1.19. The van der Waals surface area contributed by atoms with Gasteiger partial charge in [0.05, 0.1) is 18.9 Å². The Hall–Kier alpha value is -2.04. The van der Waals surface area contributed by atoms with Crippen LogP contribution < -0.4 is 15.8 Å². The smallest absolute Gasteiger partial charge is 0.281 e. The predicted molar refractivity (Wildman–Crippen MR) is 108 cm³/mol. The van der Waals surface area contributed by atoms with Gasteiger partial charge in [0.15, 0.2) is 5.13 Å². The Kier molecular flexibility index (Phi) is 6.97. The Labute approximate surface area is 174 Å². The Bertz CT molecular complexity index is 871. The zero-order chi connectivity index (χ0) is 20.1. The van der Waals surface area contributed by atoms with E-state index in [4.69, 9.17) is 4.74 Å². The monoisotopic (exact) mass is 470 g/mol. The number of carbonyl (C=O) groups excluding carboxylic acids is 2. The first-order chi connectivity index (χ1) is 13.4. The van der Waals surface area contributed by atoms with Crippen molar-refractivity contribution in [2.75, 3.05) is 31.2 Å². The lowest BCUT2D eigenvalue weighted by Crippen LogP contribution is -2.41. The molecule has 28 heavy (non-hydrogen) atoms. The molecule has 7 nitrogen and oxygen atoms in total. The van der Waals surface area contributed by atoms with E-state index < -0.39 is 11.8 Å². The van der Waals surface area contributed by atoms with Crippen molar-refractivity contribution in [3.63, 3.8) is 0 Å². The second-order valence-electron chi connectivity index (χ2n) is 6.25. The lowest BCUT2D eigenvalue weighted by atomic mass is 10.1. The molecule has 2 amide bonds. The number of amides is 2. The number of hydrazine groups is 1. The molecule has 1 aliphatic rings. The first-order valence-corrected chi connectivity index (χ1v) is 10.4. The molecule has 1 aromatic carbocycles. The third kappa shape index (κ3) is 5.27. The lowest BCUT2D eigenvalue weighted by Gasteiger charge is -2.25. The molecule has 10 heteroatoms. The van der Waals surface area contributed by atoms with E-state index in [1.165, 1.54) is 17.4 Å². The van der Waals surface area contributed by atoms with Crippen LogP contribution in [0.4, 0.5) is 9.52 Å². The number of hydrogen-bond donors (Lipinski definition) is 2. The summed E-state index contributed by atoms with van der Waals surface area (Å²) in [6.07, 6.45) is 0.293. The van der Waals surface area contributed by atoms with Crippen molar-refractivity contribution in [1.82, 2.24) is 15.8 Å². The van der Waals surface area contributed by atoms with Crippen LogP contribution in [0.25, 0.3) is 0 Å². The largest absolute Gasteiger partial charge is 0.378 e. The number of hydrogen-bond acceptors (Lipinski definition) is 6. The number of aromatic nitrogens is 1. The van der Waals surface area contributed by atoms with Gasteiger partial charge in [-0.3, -0.25) is 20.4 Å². The molecule has 1 aliphatic heterocycles. The van der Waals surface area contributed by atoms with E-state index in [0.29, 0.717) is 33.8 Å². The fourth-order valence-electron chi connectivity index (χ4n) is 2.70. The molecule has 1 fully saturated rings. The Balaban J connectivity index is 1.50. The predicted octanol–water partition coefficient (Wildman–Crippen LogP) is 2.58. The van der Waals surface area contributed by atoms with Gasteiger partial charge < -0.3 is 9.64 Å². The van der Waals surface area contributed by atoms with Crippen LogP contribution in [0.15, 0.2) is 22.7 Å². The number of morpholine rings is 1. The van der Waals surface area contributed by atoms with Crippen LogP contribution >= 0.6 is 27.3 Å².